The van der Waals surface area contributed by atoms with E-state index in [0.29, 0.717) is 10.2 Å². The number of amides is 1. The van der Waals surface area contributed by atoms with Crippen LogP contribution in [0.15, 0.2) is 34.9 Å². The molecule has 0 bridgehead atoms. The molecule has 21 heavy (non-hydrogen) atoms. The van der Waals surface area contributed by atoms with Gasteiger partial charge in [-0.25, -0.2) is 15.2 Å². The lowest BCUT2D eigenvalue weighted by Gasteiger charge is -2.10. The number of hydrogen-bond acceptors (Lipinski definition) is 5. The molecule has 8 heteroatoms. The van der Waals surface area contributed by atoms with Crippen LogP contribution in [0.5, 0.6) is 5.75 Å². The first-order valence-electron chi connectivity index (χ1n) is 5.82. The Kier molecular flexibility index (Phi) is 4.71. The molecule has 0 fully saturated rings. The van der Waals surface area contributed by atoms with Crippen LogP contribution in [0.3, 0.4) is 0 Å². The van der Waals surface area contributed by atoms with E-state index >= 15 is 0 Å². The summed E-state index contributed by atoms with van der Waals surface area (Å²) < 4.78 is 19.0. The number of nitrogens with two attached hydrogens (primary N) is 1. The average Bonchev–Trinajstić information content (AvgIpc) is 2.47. The van der Waals surface area contributed by atoms with Crippen LogP contribution < -0.4 is 21.3 Å². The van der Waals surface area contributed by atoms with Crippen LogP contribution in [-0.2, 0) is 0 Å². The average molecular weight is 355 g/mol. The largest absolute Gasteiger partial charge is 0.494 e. The van der Waals surface area contributed by atoms with E-state index < -0.39 is 11.7 Å². The Hall–Kier alpha value is -2.19. The molecule has 0 saturated carbocycles. The van der Waals surface area contributed by atoms with Crippen molar-refractivity contribution in [3.8, 4) is 5.75 Å². The summed E-state index contributed by atoms with van der Waals surface area (Å²) in [5.74, 6) is 4.58. The molecule has 0 unspecified atom stereocenters. The number of nitrogens with one attached hydrogen (secondary N) is 2. The van der Waals surface area contributed by atoms with Gasteiger partial charge in [-0.2, -0.15) is 0 Å². The van der Waals surface area contributed by atoms with Gasteiger partial charge in [-0.3, -0.25) is 4.79 Å². The van der Waals surface area contributed by atoms with E-state index in [1.807, 2.05) is 0 Å². The number of nitrogens with zero attached hydrogens (tertiary/aromatic N) is 1. The van der Waals surface area contributed by atoms with Gasteiger partial charge in [-0.15, -0.1) is 0 Å². The summed E-state index contributed by atoms with van der Waals surface area (Å²) in [6.45, 7) is 0. The lowest BCUT2D eigenvalue weighted by molar-refractivity contribution is 0.102. The number of pyridine rings is 1. The highest BCUT2D eigenvalue weighted by molar-refractivity contribution is 9.10. The maximum absolute atomic E-state index is 13.6. The van der Waals surface area contributed by atoms with Crippen molar-refractivity contribution in [2.45, 2.75) is 0 Å². The van der Waals surface area contributed by atoms with Crippen molar-refractivity contribution in [3.05, 3.63) is 46.3 Å². The lowest BCUT2D eigenvalue weighted by atomic mass is 10.2. The van der Waals surface area contributed by atoms with Crippen molar-refractivity contribution >= 4 is 33.3 Å². The molecule has 0 aliphatic rings. The number of anilines is 2. The minimum absolute atomic E-state index is 0.0986. The number of carbonyl (C=O) groups is 1. The van der Waals surface area contributed by atoms with E-state index in [4.69, 9.17) is 10.6 Å². The van der Waals surface area contributed by atoms with Gasteiger partial charge >= 0.3 is 0 Å². The molecule has 0 aliphatic carbocycles. The van der Waals surface area contributed by atoms with Gasteiger partial charge in [0.1, 0.15) is 0 Å². The topological polar surface area (TPSA) is 89.3 Å². The van der Waals surface area contributed by atoms with Gasteiger partial charge in [0.15, 0.2) is 17.4 Å². The summed E-state index contributed by atoms with van der Waals surface area (Å²) in [5, 5.41) is 2.56. The number of methoxy groups -OCH3 is 1. The predicted molar refractivity (Wildman–Crippen MR) is 80.7 cm³/mol. The first-order valence-corrected chi connectivity index (χ1v) is 6.61. The van der Waals surface area contributed by atoms with Crippen molar-refractivity contribution in [1.29, 1.82) is 0 Å². The fourth-order valence-corrected chi connectivity index (χ4v) is 2.00. The van der Waals surface area contributed by atoms with E-state index in [0.717, 1.165) is 6.07 Å². The van der Waals surface area contributed by atoms with Crippen LogP contribution in [-0.4, -0.2) is 18.0 Å². The molecule has 0 saturated heterocycles. The van der Waals surface area contributed by atoms with E-state index in [9.17, 15) is 9.18 Å². The van der Waals surface area contributed by atoms with Crippen LogP contribution in [0.25, 0.3) is 0 Å². The van der Waals surface area contributed by atoms with Gasteiger partial charge in [0.2, 0.25) is 0 Å². The third-order valence-electron chi connectivity index (χ3n) is 2.65. The Morgan fingerprint density at radius 2 is 2.19 bits per heavy atom. The highest BCUT2D eigenvalue weighted by atomic mass is 79.9. The number of ether oxygens (including phenoxy) is 1. The van der Waals surface area contributed by atoms with Crippen molar-refractivity contribution in [1.82, 2.24) is 4.98 Å². The lowest BCUT2D eigenvalue weighted by Crippen LogP contribution is -2.18. The van der Waals surface area contributed by atoms with Gasteiger partial charge in [-0.05, 0) is 34.1 Å². The first-order chi connectivity index (χ1) is 10.0. The van der Waals surface area contributed by atoms with Crippen LogP contribution in [0.2, 0.25) is 0 Å². The zero-order chi connectivity index (χ0) is 15.4. The highest BCUT2D eigenvalue weighted by Crippen LogP contribution is 2.23. The Balaban J connectivity index is 2.26. The van der Waals surface area contributed by atoms with E-state index in [-0.39, 0.29) is 17.1 Å². The highest BCUT2D eigenvalue weighted by Gasteiger charge is 2.14. The van der Waals surface area contributed by atoms with E-state index in [2.05, 4.69) is 31.7 Å². The van der Waals surface area contributed by atoms with E-state index in [1.54, 1.807) is 6.07 Å². The standard InChI is InChI=1S/C13H12BrFN4O2/c1-21-11-3-2-8(5-10(11)15)18-13(20)9-4-7(14)6-17-12(9)19-16/h2-6H,16H2,1H3,(H,17,19)(H,18,20). The van der Waals surface area contributed by atoms with Gasteiger partial charge in [0.05, 0.1) is 12.7 Å². The zero-order valence-electron chi connectivity index (χ0n) is 11.0. The molecule has 4 N–H and O–H groups in total. The number of nitrogen functional groups attached to an aromatic ring is 1. The summed E-state index contributed by atoms with van der Waals surface area (Å²) in [4.78, 5) is 16.2. The fraction of sp³-hybridized carbons (Fsp3) is 0.0769. The first kappa shape index (κ1) is 15.2. The number of rotatable bonds is 4. The molecule has 1 amide bonds. The summed E-state index contributed by atoms with van der Waals surface area (Å²) in [5.41, 5.74) is 2.85. The molecule has 110 valence electrons. The van der Waals surface area contributed by atoms with Gasteiger partial charge in [0, 0.05) is 22.4 Å². The normalized spacial score (nSPS) is 10.1. The SMILES string of the molecule is COc1ccc(NC(=O)c2cc(Br)cnc2NN)cc1F. The van der Waals surface area contributed by atoms with Crippen molar-refractivity contribution in [2.24, 2.45) is 5.84 Å². The molecule has 6 nitrogen and oxygen atoms in total. The maximum atomic E-state index is 13.6. The zero-order valence-corrected chi connectivity index (χ0v) is 12.6. The monoisotopic (exact) mass is 354 g/mol. The molecule has 2 aromatic rings. The number of benzene rings is 1. The van der Waals surface area contributed by atoms with Crippen LogP contribution in [0, 0.1) is 5.82 Å². The maximum Gasteiger partial charge on any atom is 0.259 e. The van der Waals surface area contributed by atoms with Crippen molar-refractivity contribution < 1.29 is 13.9 Å². The third kappa shape index (κ3) is 3.47. The summed E-state index contributed by atoms with van der Waals surface area (Å²) in [6.07, 6.45) is 1.50. The molecule has 0 spiro atoms. The number of aromatic nitrogens is 1. The molecule has 0 aliphatic heterocycles. The summed E-state index contributed by atoms with van der Waals surface area (Å²) >= 11 is 3.22. The van der Waals surface area contributed by atoms with E-state index in [1.165, 1.54) is 25.4 Å². The third-order valence-corrected chi connectivity index (χ3v) is 3.08. The van der Waals surface area contributed by atoms with Gasteiger partial charge < -0.3 is 15.5 Å². The van der Waals surface area contributed by atoms with Gasteiger partial charge in [0.25, 0.3) is 5.91 Å². The predicted octanol–water partition coefficient (Wildman–Crippen LogP) is 2.53. The number of halogens is 2. The minimum Gasteiger partial charge on any atom is -0.494 e. The molecule has 1 aromatic carbocycles. The fourth-order valence-electron chi connectivity index (χ4n) is 1.67. The second-order valence-electron chi connectivity index (χ2n) is 4.00. The number of hydrazine groups is 1. The van der Waals surface area contributed by atoms with Gasteiger partial charge in [-0.1, -0.05) is 0 Å². The Bertz CT molecular complexity index is 681. The molecule has 1 heterocycles. The van der Waals surface area contributed by atoms with Crippen LogP contribution in [0.4, 0.5) is 15.9 Å². The summed E-state index contributed by atoms with van der Waals surface area (Å²) in [6, 6.07) is 5.67. The second kappa shape index (κ2) is 6.51. The molecule has 2 rings (SSSR count). The van der Waals surface area contributed by atoms with Crippen LogP contribution >= 0.6 is 15.9 Å². The smallest absolute Gasteiger partial charge is 0.259 e. The molecular formula is C13H12BrFN4O2. The molecule has 0 radical (unpaired) electrons. The Morgan fingerprint density at radius 1 is 1.43 bits per heavy atom. The molecule has 0 atom stereocenters. The number of hydrogen-bond donors (Lipinski definition) is 3. The van der Waals surface area contributed by atoms with Crippen LogP contribution in [0.1, 0.15) is 10.4 Å². The number of carbonyl (C=O) groups excluding carboxylic acids is 1. The Morgan fingerprint density at radius 3 is 2.81 bits per heavy atom. The van der Waals surface area contributed by atoms with Crippen molar-refractivity contribution in [3.63, 3.8) is 0 Å². The second-order valence-corrected chi connectivity index (χ2v) is 4.91. The van der Waals surface area contributed by atoms with Crippen molar-refractivity contribution in [2.75, 3.05) is 17.9 Å². The Labute approximate surface area is 128 Å². The molecular weight excluding hydrogens is 343 g/mol. The summed E-state index contributed by atoms with van der Waals surface area (Å²) in [7, 11) is 1.36. The molecule has 1 aromatic heterocycles. The quantitative estimate of drug-likeness (QED) is 0.579. The minimum atomic E-state index is -0.570.